The smallest absolute Gasteiger partial charge is 0.289 e. The second kappa shape index (κ2) is 25.3. The number of aromatic nitrogens is 2. The van der Waals surface area contributed by atoms with Gasteiger partial charge in [0.25, 0.3) is 6.92 Å². The molecular weight excluding hydrogens is 807 g/mol. The molecule has 4 amide bonds. The van der Waals surface area contributed by atoms with Crippen LogP contribution in [0.15, 0.2) is 61.1 Å². The number of carbonyl (C=O) groups is 8. The van der Waals surface area contributed by atoms with E-state index in [1.54, 1.807) is 19.1 Å². The molecule has 0 aliphatic carbocycles. The van der Waals surface area contributed by atoms with Crippen molar-refractivity contribution in [3.05, 3.63) is 77.9 Å². The average molecular weight is 871 g/mol. The lowest BCUT2D eigenvalue weighted by molar-refractivity contribution is -0.140. The number of unbranched alkanes of at least 4 members (excludes halogenated alkanes) is 1. The number of primary amides is 1. The van der Waals surface area contributed by atoms with E-state index in [1.807, 2.05) is 24.3 Å². The van der Waals surface area contributed by atoms with Gasteiger partial charge in [-0.1, -0.05) is 82.5 Å². The molecule has 17 heteroatoms. The summed E-state index contributed by atoms with van der Waals surface area (Å²) in [6.45, 7) is 6.77. The maximum absolute atomic E-state index is 13.7. The van der Waals surface area contributed by atoms with Crippen molar-refractivity contribution < 1.29 is 48.5 Å². The molecular formula is C46H63BN6O10. The predicted octanol–water partition coefficient (Wildman–Crippen LogP) is 3.44. The van der Waals surface area contributed by atoms with Crippen molar-refractivity contribution in [2.24, 2.45) is 17.6 Å². The van der Waals surface area contributed by atoms with Crippen molar-refractivity contribution in [1.29, 1.82) is 0 Å². The third-order valence-corrected chi connectivity index (χ3v) is 11.4. The highest BCUT2D eigenvalue weighted by Crippen LogP contribution is 2.23. The van der Waals surface area contributed by atoms with E-state index in [1.165, 1.54) is 50.7 Å². The van der Waals surface area contributed by atoms with Crippen molar-refractivity contribution >= 4 is 53.7 Å². The minimum atomic E-state index is -1.26. The topological polar surface area (TPSA) is 259 Å². The lowest BCUT2D eigenvalue weighted by Gasteiger charge is -2.28. The quantitative estimate of drug-likeness (QED) is 0.0455. The highest BCUT2D eigenvalue weighted by Gasteiger charge is 2.33. The first-order valence-electron chi connectivity index (χ1n) is 21.6. The van der Waals surface area contributed by atoms with Crippen molar-refractivity contribution in [2.45, 2.75) is 123 Å². The van der Waals surface area contributed by atoms with Crippen LogP contribution < -0.4 is 16.4 Å². The van der Waals surface area contributed by atoms with Gasteiger partial charge >= 0.3 is 0 Å². The summed E-state index contributed by atoms with van der Waals surface area (Å²) in [5.74, 6) is -7.18. The molecule has 0 aliphatic rings. The summed E-state index contributed by atoms with van der Waals surface area (Å²) in [7, 11) is 1.40. The van der Waals surface area contributed by atoms with E-state index in [2.05, 4.69) is 39.7 Å². The number of ketones is 4. The largest absolute Gasteiger partial charge is 0.450 e. The Bertz CT molecular complexity index is 2020. The zero-order chi connectivity index (χ0) is 46.8. The monoisotopic (exact) mass is 870 g/mol. The predicted molar refractivity (Wildman–Crippen MR) is 238 cm³/mol. The van der Waals surface area contributed by atoms with Gasteiger partial charge in [0, 0.05) is 68.9 Å². The van der Waals surface area contributed by atoms with Gasteiger partial charge in [0.05, 0.1) is 43.4 Å². The van der Waals surface area contributed by atoms with E-state index < -0.39 is 96.7 Å². The van der Waals surface area contributed by atoms with Gasteiger partial charge < -0.3 is 36.4 Å². The molecule has 0 unspecified atom stereocenters. The standard InChI is InChI=1S/C46H63BN6O10/c1-7-8-9-31-10-12-32(13-11-31)33-14-16-34(17-15-33)40(56)22-35(26-54)46(62)51-30(4)39(55)18-19-44(60)53(6)38(23-36-25-49-27-50-36)42(58)20-28(2)45(61)52-37(24-43(48)59)41(57)21-29(3)47(5)63/h10-17,25,27-30,35,37-38,54,63H,7-9,18-24,26H2,1-6H3,(H2,48,59)(H,49,50)(H,51,62)(H,52,61)/t28-,29-,30-,35-,37+,38+/m1/s1. The fraction of sp³-hybridized carbons (Fsp3) is 0.500. The van der Waals surface area contributed by atoms with E-state index in [9.17, 15) is 48.5 Å². The van der Waals surface area contributed by atoms with Crippen LogP contribution in [0.1, 0.15) is 101 Å². The highest BCUT2D eigenvalue weighted by atomic mass is 16.3. The Balaban J connectivity index is 1.57. The molecule has 340 valence electrons. The Labute approximate surface area is 369 Å². The van der Waals surface area contributed by atoms with Crippen LogP contribution in [0.4, 0.5) is 0 Å². The number of amides is 4. The molecule has 3 rings (SSSR count). The number of rotatable bonds is 28. The molecule has 0 saturated heterocycles. The number of hydrogen-bond acceptors (Lipinski definition) is 11. The minimum absolute atomic E-state index is 0.00817. The average Bonchev–Trinajstić information content (AvgIpc) is 3.78. The summed E-state index contributed by atoms with van der Waals surface area (Å²) < 4.78 is 0. The third kappa shape index (κ3) is 16.4. The molecule has 16 nitrogen and oxygen atoms in total. The van der Waals surface area contributed by atoms with Crippen molar-refractivity contribution in [2.75, 3.05) is 13.7 Å². The number of aliphatic hydroxyl groups excluding tert-OH is 1. The molecule has 7 N–H and O–H groups in total. The van der Waals surface area contributed by atoms with Crippen LogP contribution >= 0.6 is 0 Å². The van der Waals surface area contributed by atoms with Gasteiger partial charge in [0.1, 0.15) is 0 Å². The number of nitrogens with two attached hydrogens (primary N) is 1. The Morgan fingerprint density at radius 1 is 0.825 bits per heavy atom. The lowest BCUT2D eigenvalue weighted by Crippen LogP contribution is -2.48. The zero-order valence-corrected chi connectivity index (χ0v) is 37.2. The number of H-pyrrole nitrogens is 1. The number of hydrogen-bond donors (Lipinski definition) is 6. The second-order valence-corrected chi connectivity index (χ2v) is 16.6. The third-order valence-electron chi connectivity index (χ3n) is 11.4. The molecule has 1 heterocycles. The number of Topliss-reactive ketones (excluding diaryl/α,β-unsaturated/α-hetero) is 4. The van der Waals surface area contributed by atoms with Crippen LogP contribution in [0.5, 0.6) is 0 Å². The van der Waals surface area contributed by atoms with E-state index in [0.29, 0.717) is 11.3 Å². The summed E-state index contributed by atoms with van der Waals surface area (Å²) >= 11 is 0. The fourth-order valence-electron chi connectivity index (χ4n) is 6.88. The van der Waals surface area contributed by atoms with Gasteiger partial charge in [-0.25, -0.2) is 4.98 Å². The Morgan fingerprint density at radius 2 is 1.46 bits per heavy atom. The van der Waals surface area contributed by atoms with Crippen molar-refractivity contribution in [3.63, 3.8) is 0 Å². The molecule has 63 heavy (non-hydrogen) atoms. The van der Waals surface area contributed by atoms with Gasteiger partial charge in [-0.2, -0.15) is 0 Å². The zero-order valence-electron chi connectivity index (χ0n) is 37.2. The van der Waals surface area contributed by atoms with Crippen molar-refractivity contribution in [1.82, 2.24) is 25.5 Å². The van der Waals surface area contributed by atoms with E-state index in [0.717, 1.165) is 30.4 Å². The van der Waals surface area contributed by atoms with Crippen LogP contribution in [-0.4, -0.2) is 110 Å². The molecule has 0 bridgehead atoms. The molecule has 1 aromatic heterocycles. The number of benzene rings is 2. The Morgan fingerprint density at radius 3 is 2.02 bits per heavy atom. The van der Waals surface area contributed by atoms with Gasteiger partial charge in [-0.05, 0) is 42.3 Å². The first-order valence-corrected chi connectivity index (χ1v) is 21.6. The number of aromatic amines is 1. The SMILES string of the molecule is CCCCc1ccc(-c2ccc(C(=O)C[C@H](CO)C(=O)N[C@H](C)C(=O)CCC(=O)N(C)[C@@H](Cc3cnc[nH]3)C(=O)C[C@@H](C)C(=O)N[C@@H](CC(N)=O)C(=O)C[C@@H](C)B(C)O)cc2)cc1. The van der Waals surface area contributed by atoms with Gasteiger partial charge in [-0.15, -0.1) is 0 Å². The second-order valence-electron chi connectivity index (χ2n) is 16.6. The van der Waals surface area contributed by atoms with Crippen LogP contribution in [0, 0.1) is 11.8 Å². The number of nitrogens with zero attached hydrogens (tertiary/aromatic N) is 2. The van der Waals surface area contributed by atoms with Crippen LogP contribution in [0.2, 0.25) is 12.6 Å². The maximum atomic E-state index is 13.7. The van der Waals surface area contributed by atoms with Gasteiger partial charge in [0.15, 0.2) is 23.1 Å². The number of carbonyl (C=O) groups excluding carboxylic acids is 8. The molecule has 6 atom stereocenters. The number of nitrogens with one attached hydrogen (secondary N) is 3. The van der Waals surface area contributed by atoms with E-state index in [4.69, 9.17) is 5.73 Å². The first kappa shape index (κ1) is 51.5. The van der Waals surface area contributed by atoms with E-state index in [-0.39, 0.29) is 44.3 Å². The molecule has 0 fully saturated rings. The molecule has 3 aromatic rings. The molecule has 0 saturated carbocycles. The fourth-order valence-corrected chi connectivity index (χ4v) is 6.88. The summed E-state index contributed by atoms with van der Waals surface area (Å²) in [6.07, 6.45) is 4.30. The summed E-state index contributed by atoms with van der Waals surface area (Å²) in [6, 6.07) is 11.9. The number of likely N-dealkylation sites (N-methyl/N-ethyl adjacent to an activating group) is 1. The van der Waals surface area contributed by atoms with Crippen molar-refractivity contribution in [3.8, 4) is 11.1 Å². The van der Waals surface area contributed by atoms with Gasteiger partial charge in [-0.3, -0.25) is 38.4 Å². The number of imidazole rings is 1. The Kier molecular flexibility index (Phi) is 20.7. The van der Waals surface area contributed by atoms with E-state index >= 15 is 0 Å². The number of aliphatic hydroxyl groups is 1. The Hall–Kier alpha value is -5.81. The summed E-state index contributed by atoms with van der Waals surface area (Å²) in [4.78, 5) is 112. The molecule has 0 aliphatic heterocycles. The highest BCUT2D eigenvalue weighted by molar-refractivity contribution is 6.50. The minimum Gasteiger partial charge on any atom is -0.450 e. The maximum Gasteiger partial charge on any atom is 0.289 e. The van der Waals surface area contributed by atoms with Crippen LogP contribution in [-0.2, 0) is 46.4 Å². The summed E-state index contributed by atoms with van der Waals surface area (Å²) in [5, 5.41) is 24.9. The first-order chi connectivity index (χ1) is 29.8. The van der Waals surface area contributed by atoms with Crippen LogP contribution in [0.25, 0.3) is 11.1 Å². The summed E-state index contributed by atoms with van der Waals surface area (Å²) in [5.41, 5.74) is 9.42. The normalized spacial score (nSPS) is 14.0. The lowest BCUT2D eigenvalue weighted by atomic mass is 9.58. The molecule has 0 radical (unpaired) electrons. The van der Waals surface area contributed by atoms with Gasteiger partial charge in [0.2, 0.25) is 23.6 Å². The van der Waals surface area contributed by atoms with Crippen LogP contribution in [0.3, 0.4) is 0 Å². The molecule has 2 aromatic carbocycles. The molecule has 0 spiro atoms. The number of aryl methyl sites for hydroxylation is 1.